The molecule has 2 heterocycles. The molecule has 0 aliphatic heterocycles. The third kappa shape index (κ3) is 6.02. The SMILES string of the molecule is CCCOC(=O)c1c(NC(=O)c2ccc(COc3ccccc3OC)o2)sc(C(=O)N(C)C)c1C. The second-order valence-electron chi connectivity index (χ2n) is 7.76. The number of furan rings is 1. The van der Waals surface area contributed by atoms with E-state index >= 15 is 0 Å². The third-order valence-corrected chi connectivity index (χ3v) is 6.14. The molecule has 0 aliphatic carbocycles. The zero-order chi connectivity index (χ0) is 25.5. The average molecular weight is 501 g/mol. The Balaban J connectivity index is 1.79. The Kier molecular flexibility index (Phi) is 8.53. The fraction of sp³-hybridized carbons (Fsp3) is 0.320. The van der Waals surface area contributed by atoms with Gasteiger partial charge in [0, 0.05) is 14.1 Å². The minimum Gasteiger partial charge on any atom is -0.493 e. The van der Waals surface area contributed by atoms with Crippen LogP contribution < -0.4 is 14.8 Å². The second kappa shape index (κ2) is 11.6. The van der Waals surface area contributed by atoms with Gasteiger partial charge in [-0.2, -0.15) is 0 Å². The van der Waals surface area contributed by atoms with E-state index in [1.807, 2.05) is 19.1 Å². The van der Waals surface area contributed by atoms with Crippen LogP contribution in [0.3, 0.4) is 0 Å². The number of nitrogens with one attached hydrogen (secondary N) is 1. The molecule has 0 atom stereocenters. The number of carbonyl (C=O) groups is 3. The number of nitrogens with zero attached hydrogens (tertiary/aromatic N) is 1. The van der Waals surface area contributed by atoms with Crippen LogP contribution in [0.15, 0.2) is 40.8 Å². The summed E-state index contributed by atoms with van der Waals surface area (Å²) in [5.74, 6) is 0.140. The van der Waals surface area contributed by atoms with Crippen molar-refractivity contribution in [2.45, 2.75) is 26.9 Å². The van der Waals surface area contributed by atoms with Gasteiger partial charge in [-0.3, -0.25) is 9.59 Å². The van der Waals surface area contributed by atoms with Gasteiger partial charge in [-0.15, -0.1) is 11.3 Å². The van der Waals surface area contributed by atoms with Crippen LogP contribution in [0.1, 0.15) is 55.3 Å². The Morgan fingerprint density at radius 1 is 1.09 bits per heavy atom. The van der Waals surface area contributed by atoms with Crippen molar-refractivity contribution in [2.24, 2.45) is 0 Å². The molecule has 0 aliphatic rings. The molecule has 0 spiro atoms. The fourth-order valence-electron chi connectivity index (χ4n) is 3.15. The number of benzene rings is 1. The molecular formula is C25H28N2O7S. The van der Waals surface area contributed by atoms with Gasteiger partial charge in [-0.1, -0.05) is 19.1 Å². The highest BCUT2D eigenvalue weighted by molar-refractivity contribution is 7.18. The predicted molar refractivity (Wildman–Crippen MR) is 132 cm³/mol. The molecule has 2 aromatic heterocycles. The van der Waals surface area contributed by atoms with E-state index in [0.717, 1.165) is 11.3 Å². The van der Waals surface area contributed by atoms with Gasteiger partial charge in [0.15, 0.2) is 17.3 Å². The van der Waals surface area contributed by atoms with Gasteiger partial charge < -0.3 is 28.8 Å². The minimum atomic E-state index is -0.598. The smallest absolute Gasteiger partial charge is 0.341 e. The van der Waals surface area contributed by atoms with Crippen LogP contribution in [0.5, 0.6) is 11.5 Å². The van der Waals surface area contributed by atoms with Crippen molar-refractivity contribution in [3.8, 4) is 11.5 Å². The zero-order valence-corrected chi connectivity index (χ0v) is 21.1. The lowest BCUT2D eigenvalue weighted by atomic mass is 10.1. The Labute approximate surface area is 207 Å². The standard InChI is InChI=1S/C25H28N2O7S/c1-6-13-32-25(30)20-15(2)21(24(29)27(3)4)35-23(20)26-22(28)19-12-11-16(34-19)14-33-18-10-8-7-9-17(18)31-5/h7-12H,6,13-14H2,1-5H3,(H,26,28). The highest BCUT2D eigenvalue weighted by atomic mass is 32.1. The van der Waals surface area contributed by atoms with Crippen molar-refractivity contribution in [2.75, 3.05) is 33.1 Å². The molecule has 0 saturated heterocycles. The summed E-state index contributed by atoms with van der Waals surface area (Å²) in [6.45, 7) is 3.85. The largest absolute Gasteiger partial charge is 0.493 e. The van der Waals surface area contributed by atoms with Crippen molar-refractivity contribution >= 4 is 34.1 Å². The maximum atomic E-state index is 12.9. The third-order valence-electron chi connectivity index (χ3n) is 4.94. The monoisotopic (exact) mass is 500 g/mol. The van der Waals surface area contributed by atoms with Crippen molar-refractivity contribution < 1.29 is 33.0 Å². The lowest BCUT2D eigenvalue weighted by Crippen LogP contribution is -2.21. The van der Waals surface area contributed by atoms with Gasteiger partial charge in [-0.25, -0.2) is 4.79 Å². The molecule has 0 unspecified atom stereocenters. The van der Waals surface area contributed by atoms with Crippen molar-refractivity contribution in [1.82, 2.24) is 4.90 Å². The van der Waals surface area contributed by atoms with Crippen LogP contribution >= 0.6 is 11.3 Å². The Morgan fingerprint density at radius 3 is 2.46 bits per heavy atom. The predicted octanol–water partition coefficient (Wildman–Crippen LogP) is 4.76. The summed E-state index contributed by atoms with van der Waals surface area (Å²) in [6.07, 6.45) is 0.645. The molecule has 3 aromatic rings. The summed E-state index contributed by atoms with van der Waals surface area (Å²) in [6, 6.07) is 10.3. The summed E-state index contributed by atoms with van der Waals surface area (Å²) in [5, 5.41) is 2.92. The molecule has 186 valence electrons. The van der Waals surface area contributed by atoms with Crippen LogP contribution in [-0.2, 0) is 11.3 Å². The highest BCUT2D eigenvalue weighted by Crippen LogP contribution is 2.35. The van der Waals surface area contributed by atoms with Gasteiger partial charge >= 0.3 is 5.97 Å². The topological polar surface area (TPSA) is 107 Å². The molecule has 0 fully saturated rings. The zero-order valence-electron chi connectivity index (χ0n) is 20.3. The van der Waals surface area contributed by atoms with Gasteiger partial charge in [0.05, 0.1) is 24.2 Å². The molecule has 0 radical (unpaired) electrons. The summed E-state index contributed by atoms with van der Waals surface area (Å²) < 4.78 is 21.9. The summed E-state index contributed by atoms with van der Waals surface area (Å²) in [5.41, 5.74) is 0.615. The number of para-hydroxylation sites is 2. The quantitative estimate of drug-likeness (QED) is 0.400. The molecule has 3 rings (SSSR count). The van der Waals surface area contributed by atoms with Gasteiger partial charge in [0.25, 0.3) is 11.8 Å². The summed E-state index contributed by atoms with van der Waals surface area (Å²) in [4.78, 5) is 40.0. The van der Waals surface area contributed by atoms with E-state index in [4.69, 9.17) is 18.6 Å². The van der Waals surface area contributed by atoms with Crippen molar-refractivity contribution in [3.63, 3.8) is 0 Å². The number of methoxy groups -OCH3 is 1. The summed E-state index contributed by atoms with van der Waals surface area (Å²) in [7, 11) is 4.78. The highest BCUT2D eigenvalue weighted by Gasteiger charge is 2.28. The second-order valence-corrected chi connectivity index (χ2v) is 8.78. The number of carbonyl (C=O) groups excluding carboxylic acids is 3. The first-order chi connectivity index (χ1) is 16.8. The van der Waals surface area contributed by atoms with Gasteiger partial charge in [0.2, 0.25) is 0 Å². The Hall–Kier alpha value is -3.79. The number of amides is 2. The van der Waals surface area contributed by atoms with Crippen LogP contribution in [-0.4, -0.2) is 50.5 Å². The van der Waals surface area contributed by atoms with E-state index in [9.17, 15) is 14.4 Å². The normalized spacial score (nSPS) is 10.5. The van der Waals surface area contributed by atoms with Crippen molar-refractivity contribution in [3.05, 3.63) is 63.9 Å². The molecule has 0 bridgehead atoms. The maximum Gasteiger partial charge on any atom is 0.341 e. The molecule has 1 aromatic carbocycles. The fourth-order valence-corrected chi connectivity index (χ4v) is 4.36. The number of hydrogen-bond acceptors (Lipinski definition) is 8. The molecule has 9 nitrogen and oxygen atoms in total. The van der Waals surface area contributed by atoms with E-state index in [2.05, 4.69) is 5.32 Å². The first kappa shape index (κ1) is 25.8. The van der Waals surface area contributed by atoms with Crippen LogP contribution in [0.2, 0.25) is 0 Å². The number of anilines is 1. The average Bonchev–Trinajstić information content (AvgIpc) is 3.45. The Morgan fingerprint density at radius 2 is 1.80 bits per heavy atom. The molecule has 2 amide bonds. The maximum absolute atomic E-state index is 12.9. The number of hydrogen-bond donors (Lipinski definition) is 1. The lowest BCUT2D eigenvalue weighted by Gasteiger charge is -2.09. The first-order valence-corrected chi connectivity index (χ1v) is 11.8. The number of ether oxygens (including phenoxy) is 3. The van der Waals surface area contributed by atoms with Crippen LogP contribution in [0.25, 0.3) is 0 Å². The van der Waals surface area contributed by atoms with E-state index in [-0.39, 0.29) is 35.4 Å². The van der Waals surface area contributed by atoms with Crippen LogP contribution in [0.4, 0.5) is 5.00 Å². The molecular weight excluding hydrogens is 472 g/mol. The van der Waals surface area contributed by atoms with E-state index in [0.29, 0.717) is 34.1 Å². The van der Waals surface area contributed by atoms with E-state index in [1.165, 1.54) is 11.0 Å². The summed E-state index contributed by atoms with van der Waals surface area (Å²) >= 11 is 1.02. The number of esters is 1. The molecule has 0 saturated carbocycles. The van der Waals surface area contributed by atoms with Gasteiger partial charge in [0.1, 0.15) is 17.4 Å². The van der Waals surface area contributed by atoms with E-state index in [1.54, 1.807) is 46.3 Å². The lowest BCUT2D eigenvalue weighted by molar-refractivity contribution is 0.0506. The first-order valence-electron chi connectivity index (χ1n) is 10.9. The van der Waals surface area contributed by atoms with Crippen LogP contribution in [0, 0.1) is 6.92 Å². The molecule has 1 N–H and O–H groups in total. The number of rotatable bonds is 10. The van der Waals surface area contributed by atoms with E-state index < -0.39 is 11.9 Å². The minimum absolute atomic E-state index is 0.0306. The molecule has 10 heteroatoms. The van der Waals surface area contributed by atoms with Crippen molar-refractivity contribution in [1.29, 1.82) is 0 Å². The van der Waals surface area contributed by atoms with Gasteiger partial charge in [-0.05, 0) is 43.2 Å². The molecule has 35 heavy (non-hydrogen) atoms. The number of thiophene rings is 1. The Bertz CT molecular complexity index is 1210.